The summed E-state index contributed by atoms with van der Waals surface area (Å²) in [6.45, 7) is 2.83. The fourth-order valence-corrected chi connectivity index (χ4v) is 3.83. The molecular weight excluding hydrogens is 320 g/mol. The van der Waals surface area contributed by atoms with Gasteiger partial charge in [0, 0.05) is 45.2 Å². The molecule has 3 fully saturated rings. The Kier molecular flexibility index (Phi) is 4.40. The number of rotatable bonds is 4. The first-order valence-corrected chi connectivity index (χ1v) is 8.64. The van der Waals surface area contributed by atoms with Crippen molar-refractivity contribution in [2.24, 2.45) is 5.92 Å². The second-order valence-corrected chi connectivity index (χ2v) is 6.72. The molecular formula is C18H22N4O3. The zero-order valence-electron chi connectivity index (χ0n) is 14.3. The number of hydrogen-bond donors (Lipinski definition) is 0. The van der Waals surface area contributed by atoms with Crippen LogP contribution >= 0.6 is 0 Å². The van der Waals surface area contributed by atoms with E-state index in [1.807, 2.05) is 4.90 Å². The van der Waals surface area contributed by atoms with Crippen LogP contribution in [0.3, 0.4) is 0 Å². The Bertz CT molecular complexity index is 733. The maximum Gasteiger partial charge on any atom is 0.289 e. The molecule has 0 radical (unpaired) electrons. The lowest BCUT2D eigenvalue weighted by Gasteiger charge is -2.35. The molecule has 0 aromatic carbocycles. The number of anilines is 1. The second-order valence-electron chi connectivity index (χ2n) is 6.72. The monoisotopic (exact) mass is 342 g/mol. The third-order valence-corrected chi connectivity index (χ3v) is 5.01. The van der Waals surface area contributed by atoms with E-state index in [1.165, 1.54) is 0 Å². The molecule has 7 heteroatoms. The van der Waals surface area contributed by atoms with Crippen molar-refractivity contribution >= 4 is 11.7 Å². The molecule has 132 valence electrons. The van der Waals surface area contributed by atoms with Crippen LogP contribution in [-0.2, 0) is 11.3 Å². The fraction of sp³-hybridized carbons (Fsp3) is 0.500. The standard InChI is InChI=1S/C18H22N4O3/c1-24-12-15-4-5-16(25-15)18(23)22-10-13-2-3-14(22)11-21(9-13)17-8-19-6-7-20-17/h4-8,13-14H,2-3,9-12H2,1H3. The molecule has 5 heterocycles. The van der Waals surface area contributed by atoms with Gasteiger partial charge >= 0.3 is 0 Å². The number of carbonyl (C=O) groups is 1. The lowest BCUT2D eigenvalue weighted by Crippen LogP contribution is -2.47. The minimum atomic E-state index is -0.0296. The molecule has 5 rings (SSSR count). The number of piperidine rings is 1. The van der Waals surface area contributed by atoms with E-state index in [0.717, 1.165) is 38.3 Å². The number of hydrogen-bond acceptors (Lipinski definition) is 6. The highest BCUT2D eigenvalue weighted by Gasteiger charge is 2.38. The van der Waals surface area contributed by atoms with E-state index in [4.69, 9.17) is 9.15 Å². The van der Waals surface area contributed by atoms with Crippen LogP contribution in [0.15, 0.2) is 35.1 Å². The molecule has 0 aliphatic carbocycles. The third kappa shape index (κ3) is 3.24. The van der Waals surface area contributed by atoms with Crippen molar-refractivity contribution in [3.63, 3.8) is 0 Å². The topological polar surface area (TPSA) is 71.7 Å². The highest BCUT2D eigenvalue weighted by atomic mass is 16.5. The van der Waals surface area contributed by atoms with Gasteiger partial charge in [0.2, 0.25) is 0 Å². The SMILES string of the molecule is COCc1ccc(C(=O)N2CC3CCC2CN(c2cnccn2)C3)o1. The largest absolute Gasteiger partial charge is 0.453 e. The molecule has 2 atom stereocenters. The molecule has 2 aromatic rings. The summed E-state index contributed by atoms with van der Waals surface area (Å²) < 4.78 is 10.7. The number of methoxy groups -OCH3 is 1. The van der Waals surface area contributed by atoms with Crippen LogP contribution in [0.4, 0.5) is 5.82 Å². The van der Waals surface area contributed by atoms with Crippen molar-refractivity contribution in [1.82, 2.24) is 14.9 Å². The van der Waals surface area contributed by atoms with E-state index < -0.39 is 0 Å². The van der Waals surface area contributed by atoms with Gasteiger partial charge < -0.3 is 19.0 Å². The Morgan fingerprint density at radius 1 is 1.28 bits per heavy atom. The van der Waals surface area contributed by atoms with Gasteiger partial charge in [-0.1, -0.05) is 0 Å². The minimum Gasteiger partial charge on any atom is -0.453 e. The normalized spacial score (nSPS) is 22.9. The van der Waals surface area contributed by atoms with E-state index in [0.29, 0.717) is 24.0 Å². The van der Waals surface area contributed by atoms with Crippen molar-refractivity contribution in [1.29, 1.82) is 0 Å². The van der Waals surface area contributed by atoms with Gasteiger partial charge in [0.15, 0.2) is 5.76 Å². The molecule has 2 unspecified atom stereocenters. The van der Waals surface area contributed by atoms with Gasteiger partial charge in [0.05, 0.1) is 6.20 Å². The summed E-state index contributed by atoms with van der Waals surface area (Å²) in [6.07, 6.45) is 7.34. The molecule has 1 amide bonds. The average Bonchev–Trinajstić information content (AvgIpc) is 2.92. The Labute approximate surface area is 146 Å². The van der Waals surface area contributed by atoms with E-state index in [9.17, 15) is 4.79 Å². The molecule has 0 N–H and O–H groups in total. The van der Waals surface area contributed by atoms with Crippen molar-refractivity contribution in [2.45, 2.75) is 25.5 Å². The first-order valence-electron chi connectivity index (χ1n) is 8.64. The van der Waals surface area contributed by atoms with Crippen LogP contribution < -0.4 is 4.90 Å². The fourth-order valence-electron chi connectivity index (χ4n) is 3.83. The molecule has 0 spiro atoms. The molecule has 3 saturated heterocycles. The van der Waals surface area contributed by atoms with E-state index in [-0.39, 0.29) is 11.9 Å². The highest BCUT2D eigenvalue weighted by Crippen LogP contribution is 2.31. The van der Waals surface area contributed by atoms with Gasteiger partial charge in [0.25, 0.3) is 5.91 Å². The van der Waals surface area contributed by atoms with Gasteiger partial charge in [-0.3, -0.25) is 9.78 Å². The summed E-state index contributed by atoms with van der Waals surface area (Å²) in [5, 5.41) is 0. The summed E-state index contributed by atoms with van der Waals surface area (Å²) in [5.74, 6) is 2.36. The van der Waals surface area contributed by atoms with Crippen LogP contribution in [0, 0.1) is 5.92 Å². The van der Waals surface area contributed by atoms with Gasteiger partial charge in [-0.15, -0.1) is 0 Å². The molecule has 2 bridgehead atoms. The summed E-state index contributed by atoms with van der Waals surface area (Å²) in [4.78, 5) is 25.8. The maximum atomic E-state index is 12.9. The maximum absolute atomic E-state index is 12.9. The number of fused-ring (bicyclic) bond motifs is 4. The second kappa shape index (κ2) is 6.84. The number of furan rings is 1. The number of aromatic nitrogens is 2. The van der Waals surface area contributed by atoms with Gasteiger partial charge in [-0.25, -0.2) is 4.98 Å². The lowest BCUT2D eigenvalue weighted by molar-refractivity contribution is 0.0553. The average molecular weight is 342 g/mol. The van der Waals surface area contributed by atoms with E-state index >= 15 is 0 Å². The predicted octanol–water partition coefficient (Wildman–Crippen LogP) is 1.96. The van der Waals surface area contributed by atoms with Crippen LogP contribution in [-0.4, -0.2) is 53.6 Å². The Morgan fingerprint density at radius 3 is 3.00 bits per heavy atom. The van der Waals surface area contributed by atoms with Crippen LogP contribution in [0.1, 0.15) is 29.2 Å². The minimum absolute atomic E-state index is 0.0296. The molecule has 0 saturated carbocycles. The summed E-state index contributed by atoms with van der Waals surface area (Å²) >= 11 is 0. The van der Waals surface area contributed by atoms with Gasteiger partial charge in [-0.05, 0) is 30.9 Å². The van der Waals surface area contributed by atoms with Crippen LogP contribution in [0.25, 0.3) is 0 Å². The number of nitrogens with zero attached hydrogens (tertiary/aromatic N) is 4. The molecule has 7 nitrogen and oxygen atoms in total. The van der Waals surface area contributed by atoms with Crippen molar-refractivity contribution < 1.29 is 13.9 Å². The van der Waals surface area contributed by atoms with Crippen LogP contribution in [0.5, 0.6) is 0 Å². The first-order chi connectivity index (χ1) is 12.2. The summed E-state index contributed by atoms with van der Waals surface area (Å²) in [7, 11) is 1.61. The predicted molar refractivity (Wildman–Crippen MR) is 91.2 cm³/mol. The first kappa shape index (κ1) is 16.1. The van der Waals surface area contributed by atoms with Crippen molar-refractivity contribution in [2.75, 3.05) is 31.6 Å². The smallest absolute Gasteiger partial charge is 0.289 e. The Balaban J connectivity index is 1.53. The highest BCUT2D eigenvalue weighted by molar-refractivity contribution is 5.92. The number of ether oxygens (including phenoxy) is 1. The summed E-state index contributed by atoms with van der Waals surface area (Å²) in [5.41, 5.74) is 0. The lowest BCUT2D eigenvalue weighted by atomic mass is 9.95. The Morgan fingerprint density at radius 2 is 2.20 bits per heavy atom. The number of amides is 1. The molecule has 25 heavy (non-hydrogen) atoms. The van der Waals surface area contributed by atoms with E-state index in [1.54, 1.807) is 37.8 Å². The number of carbonyl (C=O) groups excluding carboxylic acids is 1. The van der Waals surface area contributed by atoms with Crippen molar-refractivity contribution in [3.05, 3.63) is 42.2 Å². The van der Waals surface area contributed by atoms with Gasteiger partial charge in [0.1, 0.15) is 18.2 Å². The van der Waals surface area contributed by atoms with Gasteiger partial charge in [-0.2, -0.15) is 0 Å². The Hall–Kier alpha value is -2.41. The zero-order valence-corrected chi connectivity index (χ0v) is 14.3. The molecule has 3 aliphatic rings. The van der Waals surface area contributed by atoms with E-state index in [2.05, 4.69) is 14.9 Å². The zero-order chi connectivity index (χ0) is 17.2. The van der Waals surface area contributed by atoms with Crippen LogP contribution in [0.2, 0.25) is 0 Å². The molecule has 2 aromatic heterocycles. The molecule has 3 aliphatic heterocycles. The summed E-state index contributed by atoms with van der Waals surface area (Å²) in [6, 6.07) is 3.72. The third-order valence-electron chi connectivity index (χ3n) is 5.01. The van der Waals surface area contributed by atoms with Crippen molar-refractivity contribution in [3.8, 4) is 0 Å². The quantitative estimate of drug-likeness (QED) is 0.846.